The van der Waals surface area contributed by atoms with Crippen molar-refractivity contribution < 1.29 is 19.8 Å². The Morgan fingerprint density at radius 1 is 1.00 bits per heavy atom. The van der Waals surface area contributed by atoms with Crippen LogP contribution in [0.3, 0.4) is 0 Å². The normalized spacial score (nSPS) is 33.3. The van der Waals surface area contributed by atoms with Crippen LogP contribution in [-0.4, -0.2) is 22.2 Å². The Bertz CT molecular complexity index is 279. The number of fused-ring (bicyclic) bond motifs is 4. The summed E-state index contributed by atoms with van der Waals surface area (Å²) in [4.78, 5) is 22.6. The molecular formula is C11H16O4. The maximum Gasteiger partial charge on any atom is 0.321 e. The zero-order valence-corrected chi connectivity index (χ0v) is 8.61. The van der Waals surface area contributed by atoms with Crippen LogP contribution < -0.4 is 0 Å². The highest BCUT2D eigenvalue weighted by molar-refractivity contribution is 5.98. The van der Waals surface area contributed by atoms with Crippen LogP contribution >= 0.6 is 0 Å². The Labute approximate surface area is 88.3 Å². The largest absolute Gasteiger partial charge is 0.480 e. The number of hydrogen-bond donors (Lipinski definition) is 2. The van der Waals surface area contributed by atoms with Crippen LogP contribution in [0.25, 0.3) is 0 Å². The Balaban J connectivity index is 2.39. The summed E-state index contributed by atoms with van der Waals surface area (Å²) in [7, 11) is 0. The molecule has 84 valence electrons. The summed E-state index contributed by atoms with van der Waals surface area (Å²) in [5, 5.41) is 18.5. The fraction of sp³-hybridized carbons (Fsp3) is 0.818. The van der Waals surface area contributed by atoms with E-state index in [1.165, 1.54) is 0 Å². The van der Waals surface area contributed by atoms with Crippen molar-refractivity contribution in [2.45, 2.75) is 38.5 Å². The van der Waals surface area contributed by atoms with Crippen LogP contribution in [0.1, 0.15) is 38.5 Å². The van der Waals surface area contributed by atoms with E-state index in [4.69, 9.17) is 0 Å². The first kappa shape index (κ1) is 10.5. The number of carbonyl (C=O) groups is 2. The monoisotopic (exact) mass is 212 g/mol. The van der Waals surface area contributed by atoms with Gasteiger partial charge < -0.3 is 10.2 Å². The van der Waals surface area contributed by atoms with Gasteiger partial charge in [0.2, 0.25) is 0 Å². The van der Waals surface area contributed by atoms with Crippen molar-refractivity contribution in [1.82, 2.24) is 0 Å². The molecule has 2 atom stereocenters. The highest BCUT2D eigenvalue weighted by atomic mass is 16.4. The summed E-state index contributed by atoms with van der Waals surface area (Å²) < 4.78 is 0. The maximum atomic E-state index is 11.3. The molecule has 4 nitrogen and oxygen atoms in total. The fourth-order valence-corrected chi connectivity index (χ4v) is 3.31. The lowest BCUT2D eigenvalue weighted by Gasteiger charge is -2.38. The van der Waals surface area contributed by atoms with Crippen LogP contribution in [0, 0.1) is 17.3 Å². The Kier molecular flexibility index (Phi) is 2.44. The molecule has 2 bridgehead atoms. The molecule has 0 spiro atoms. The van der Waals surface area contributed by atoms with Gasteiger partial charge in [0.1, 0.15) is 0 Å². The Morgan fingerprint density at radius 3 is 2.27 bits per heavy atom. The summed E-state index contributed by atoms with van der Waals surface area (Å²) in [6, 6.07) is 0. The third-order valence-corrected chi connectivity index (χ3v) is 4.16. The molecule has 3 aliphatic rings. The van der Waals surface area contributed by atoms with Gasteiger partial charge >= 0.3 is 11.9 Å². The van der Waals surface area contributed by atoms with E-state index in [-0.39, 0.29) is 5.92 Å². The van der Waals surface area contributed by atoms with E-state index >= 15 is 0 Å². The van der Waals surface area contributed by atoms with Gasteiger partial charge in [-0.1, -0.05) is 19.3 Å². The minimum Gasteiger partial charge on any atom is -0.480 e. The topological polar surface area (TPSA) is 74.6 Å². The fourth-order valence-electron chi connectivity index (χ4n) is 3.31. The van der Waals surface area contributed by atoms with Gasteiger partial charge in [-0.15, -0.1) is 0 Å². The van der Waals surface area contributed by atoms with E-state index in [1.807, 2.05) is 0 Å². The van der Waals surface area contributed by atoms with Gasteiger partial charge in [-0.3, -0.25) is 9.59 Å². The summed E-state index contributed by atoms with van der Waals surface area (Å²) in [5.74, 6) is -2.12. The van der Waals surface area contributed by atoms with Crippen molar-refractivity contribution in [1.29, 1.82) is 0 Å². The molecule has 0 aliphatic heterocycles. The minimum absolute atomic E-state index is 0.161. The molecule has 2 unspecified atom stereocenters. The first-order valence-corrected chi connectivity index (χ1v) is 5.54. The summed E-state index contributed by atoms with van der Waals surface area (Å²) >= 11 is 0. The molecule has 0 heterocycles. The predicted molar refractivity (Wildman–Crippen MR) is 52.4 cm³/mol. The van der Waals surface area contributed by atoms with Crippen LogP contribution in [0.2, 0.25) is 0 Å². The van der Waals surface area contributed by atoms with Crippen molar-refractivity contribution >= 4 is 11.9 Å². The number of carboxylic acids is 2. The quantitative estimate of drug-likeness (QED) is 0.684. The number of rotatable bonds is 2. The molecular weight excluding hydrogens is 196 g/mol. The molecule has 3 rings (SSSR count). The van der Waals surface area contributed by atoms with Crippen molar-refractivity contribution in [3.05, 3.63) is 0 Å². The lowest BCUT2D eigenvalue weighted by atomic mass is 9.63. The summed E-state index contributed by atoms with van der Waals surface area (Å²) in [6.45, 7) is 0. The molecule has 0 saturated heterocycles. The predicted octanol–water partition coefficient (Wildman–Crippen LogP) is 1.74. The SMILES string of the molecule is O=C(O)C1(C(=O)O)CC2CCCC1CC2. The molecule has 0 radical (unpaired) electrons. The number of carboxylic acid groups (broad SMARTS) is 2. The van der Waals surface area contributed by atoms with E-state index in [0.717, 1.165) is 32.1 Å². The first-order valence-electron chi connectivity index (χ1n) is 5.54. The third-order valence-electron chi connectivity index (χ3n) is 4.16. The van der Waals surface area contributed by atoms with E-state index in [2.05, 4.69) is 0 Å². The smallest absolute Gasteiger partial charge is 0.321 e. The van der Waals surface area contributed by atoms with Gasteiger partial charge in [-0.2, -0.15) is 0 Å². The second-order valence-corrected chi connectivity index (χ2v) is 4.86. The van der Waals surface area contributed by atoms with Gasteiger partial charge in [0, 0.05) is 0 Å². The lowest BCUT2D eigenvalue weighted by molar-refractivity contribution is -0.173. The van der Waals surface area contributed by atoms with Crippen molar-refractivity contribution in [3.63, 3.8) is 0 Å². The van der Waals surface area contributed by atoms with E-state index < -0.39 is 17.4 Å². The van der Waals surface area contributed by atoms with Crippen LogP contribution in [-0.2, 0) is 9.59 Å². The van der Waals surface area contributed by atoms with E-state index in [9.17, 15) is 19.8 Å². The van der Waals surface area contributed by atoms with Gasteiger partial charge in [0.05, 0.1) is 0 Å². The molecule has 0 aromatic carbocycles. The van der Waals surface area contributed by atoms with Crippen LogP contribution in [0.4, 0.5) is 0 Å². The van der Waals surface area contributed by atoms with Crippen molar-refractivity contribution in [2.24, 2.45) is 17.3 Å². The molecule has 2 N–H and O–H groups in total. The van der Waals surface area contributed by atoms with Crippen LogP contribution in [0.15, 0.2) is 0 Å². The zero-order chi connectivity index (χ0) is 11.1. The molecule has 0 amide bonds. The zero-order valence-electron chi connectivity index (χ0n) is 8.61. The summed E-state index contributed by atoms with van der Waals surface area (Å²) in [5.41, 5.74) is -1.49. The van der Waals surface area contributed by atoms with Gasteiger partial charge in [-0.05, 0) is 31.1 Å². The first-order chi connectivity index (χ1) is 7.07. The average molecular weight is 212 g/mol. The molecule has 4 heteroatoms. The minimum atomic E-state index is -1.49. The second-order valence-electron chi connectivity index (χ2n) is 4.86. The van der Waals surface area contributed by atoms with Gasteiger partial charge in [0.25, 0.3) is 0 Å². The Morgan fingerprint density at radius 2 is 1.67 bits per heavy atom. The third kappa shape index (κ3) is 1.43. The maximum absolute atomic E-state index is 11.3. The number of hydrogen-bond acceptors (Lipinski definition) is 2. The highest BCUT2D eigenvalue weighted by Gasteiger charge is 2.56. The summed E-state index contributed by atoms with van der Waals surface area (Å²) in [6.07, 6.45) is 4.85. The van der Waals surface area contributed by atoms with Crippen molar-refractivity contribution in [3.8, 4) is 0 Å². The van der Waals surface area contributed by atoms with E-state index in [0.29, 0.717) is 12.3 Å². The Hall–Kier alpha value is -1.06. The molecule has 3 aliphatic carbocycles. The average Bonchev–Trinajstić information content (AvgIpc) is 2.49. The molecule has 3 fully saturated rings. The standard InChI is InChI=1S/C11H16O4/c12-9(13)11(10(14)15)6-7-2-1-3-8(11)5-4-7/h7-8H,1-6H2,(H,12,13)(H,14,15). The van der Waals surface area contributed by atoms with Crippen molar-refractivity contribution in [2.75, 3.05) is 0 Å². The van der Waals surface area contributed by atoms with Gasteiger partial charge in [-0.25, -0.2) is 0 Å². The second kappa shape index (κ2) is 3.51. The van der Waals surface area contributed by atoms with Crippen LogP contribution in [0.5, 0.6) is 0 Å². The lowest BCUT2D eigenvalue weighted by Crippen LogP contribution is -2.48. The van der Waals surface area contributed by atoms with Gasteiger partial charge in [0.15, 0.2) is 5.41 Å². The molecule has 0 aromatic heterocycles. The number of aliphatic carboxylic acids is 2. The molecule has 15 heavy (non-hydrogen) atoms. The van der Waals surface area contributed by atoms with E-state index in [1.54, 1.807) is 0 Å². The molecule has 0 aromatic rings. The molecule has 3 saturated carbocycles. The highest BCUT2D eigenvalue weighted by Crippen LogP contribution is 2.50.